The van der Waals surface area contributed by atoms with Crippen molar-refractivity contribution in [2.24, 2.45) is 0 Å². The van der Waals surface area contributed by atoms with E-state index in [9.17, 15) is 9.59 Å². The second kappa shape index (κ2) is 7.75. The Morgan fingerprint density at radius 3 is 2.25 bits per heavy atom. The summed E-state index contributed by atoms with van der Waals surface area (Å²) in [5, 5.41) is 1.80. The normalized spacial score (nSPS) is 12.0. The van der Waals surface area contributed by atoms with Gasteiger partial charge in [0.2, 0.25) is 0 Å². The van der Waals surface area contributed by atoms with E-state index in [0.717, 1.165) is 5.56 Å². The van der Waals surface area contributed by atoms with Crippen LogP contribution in [0.3, 0.4) is 0 Å². The summed E-state index contributed by atoms with van der Waals surface area (Å²) in [6.45, 7) is 8.00. The Morgan fingerprint density at radius 2 is 1.55 bits per heavy atom. The Balaban J connectivity index is 0.000000461. The van der Waals surface area contributed by atoms with Gasteiger partial charge in [-0.05, 0) is 17.0 Å². The second-order valence-corrected chi connectivity index (χ2v) is 4.67. The van der Waals surface area contributed by atoms with Crippen molar-refractivity contribution in [1.29, 1.82) is 0 Å². The van der Waals surface area contributed by atoms with Gasteiger partial charge in [0.1, 0.15) is 0 Å². The van der Waals surface area contributed by atoms with Crippen molar-refractivity contribution in [1.82, 2.24) is 0 Å². The smallest absolute Gasteiger partial charge is 0.194 e. The summed E-state index contributed by atoms with van der Waals surface area (Å²) in [5.41, 5.74) is 2.05. The molecule has 0 N–H and O–H groups in total. The van der Waals surface area contributed by atoms with Gasteiger partial charge in [0, 0.05) is 17.5 Å². The van der Waals surface area contributed by atoms with Crippen molar-refractivity contribution < 1.29 is 9.59 Å². The van der Waals surface area contributed by atoms with Crippen LogP contribution in [0.4, 0.5) is 0 Å². The van der Waals surface area contributed by atoms with Crippen molar-refractivity contribution in [2.45, 2.75) is 34.1 Å². The molecule has 3 heteroatoms. The molecule has 20 heavy (non-hydrogen) atoms. The van der Waals surface area contributed by atoms with E-state index in [-0.39, 0.29) is 11.6 Å². The lowest BCUT2D eigenvalue weighted by Gasteiger charge is -2.01. The zero-order chi connectivity index (χ0) is 15.1. The maximum absolute atomic E-state index is 12.2. The number of hydrogen-bond donors (Lipinski definition) is 0. The molecule has 0 spiro atoms. The van der Waals surface area contributed by atoms with Gasteiger partial charge in [0.25, 0.3) is 0 Å². The summed E-state index contributed by atoms with van der Waals surface area (Å²) < 4.78 is 0. The van der Waals surface area contributed by atoms with Gasteiger partial charge in [-0.15, -0.1) is 11.3 Å². The molecule has 0 unspecified atom stereocenters. The lowest BCUT2D eigenvalue weighted by molar-refractivity contribution is 0.0989. The molecule has 0 fully saturated rings. The number of fused-ring (bicyclic) bond motifs is 2. The van der Waals surface area contributed by atoms with Crippen LogP contribution in [-0.4, -0.2) is 11.6 Å². The van der Waals surface area contributed by atoms with E-state index in [4.69, 9.17) is 0 Å². The average molecular weight is 288 g/mol. The van der Waals surface area contributed by atoms with Crippen LogP contribution in [0, 0.1) is 0 Å². The first kappa shape index (κ1) is 16.3. The Morgan fingerprint density at radius 1 is 0.900 bits per heavy atom. The molecule has 2 nitrogen and oxygen atoms in total. The third-order valence-corrected chi connectivity index (χ3v) is 3.73. The molecule has 0 aliphatic heterocycles. The van der Waals surface area contributed by atoms with E-state index in [2.05, 4.69) is 0 Å². The van der Waals surface area contributed by atoms with Crippen molar-refractivity contribution in [3.8, 4) is 0 Å². The average Bonchev–Trinajstić information content (AvgIpc) is 2.97. The van der Waals surface area contributed by atoms with Crippen molar-refractivity contribution in [2.75, 3.05) is 0 Å². The molecule has 0 bridgehead atoms. The molecular weight excluding hydrogens is 268 g/mol. The van der Waals surface area contributed by atoms with Crippen LogP contribution in [0.5, 0.6) is 0 Å². The lowest BCUT2D eigenvalue weighted by atomic mass is 10.0. The molecular formula is C17H20O2S. The van der Waals surface area contributed by atoms with Crippen molar-refractivity contribution in [3.63, 3.8) is 0 Å². The maximum Gasteiger partial charge on any atom is 0.194 e. The summed E-state index contributed by atoms with van der Waals surface area (Å²) in [6, 6.07) is 9.07. The van der Waals surface area contributed by atoms with E-state index in [1.165, 1.54) is 11.3 Å². The van der Waals surface area contributed by atoms with Crippen LogP contribution in [0.1, 0.15) is 58.9 Å². The van der Waals surface area contributed by atoms with E-state index in [0.29, 0.717) is 22.4 Å². The summed E-state index contributed by atoms with van der Waals surface area (Å²) in [7, 11) is 0. The van der Waals surface area contributed by atoms with Gasteiger partial charge in [-0.3, -0.25) is 9.59 Å². The number of rotatable bonds is 0. The highest BCUT2D eigenvalue weighted by atomic mass is 32.1. The van der Waals surface area contributed by atoms with Crippen LogP contribution in [0.15, 0.2) is 35.7 Å². The van der Waals surface area contributed by atoms with Crippen LogP contribution < -0.4 is 0 Å². The minimum absolute atomic E-state index is 0.0299. The van der Waals surface area contributed by atoms with E-state index >= 15 is 0 Å². The lowest BCUT2D eigenvalue weighted by Crippen LogP contribution is -2.01. The molecule has 2 aromatic rings. The molecule has 1 aromatic heterocycles. The maximum atomic E-state index is 12.2. The molecule has 1 aromatic carbocycles. The van der Waals surface area contributed by atoms with Crippen LogP contribution in [-0.2, 0) is 6.42 Å². The Kier molecular flexibility index (Phi) is 6.32. The fraction of sp³-hybridized carbons (Fsp3) is 0.294. The summed E-state index contributed by atoms with van der Waals surface area (Å²) >= 11 is 1.35. The van der Waals surface area contributed by atoms with Crippen LogP contribution >= 0.6 is 11.3 Å². The van der Waals surface area contributed by atoms with Gasteiger partial charge in [-0.25, -0.2) is 0 Å². The Bertz CT molecular complexity index is 597. The van der Waals surface area contributed by atoms with Crippen LogP contribution in [0.25, 0.3) is 0 Å². The number of benzene rings is 1. The van der Waals surface area contributed by atoms with Gasteiger partial charge in [0.15, 0.2) is 11.6 Å². The minimum Gasteiger partial charge on any atom is -0.293 e. The molecule has 106 valence electrons. The molecule has 1 aliphatic carbocycles. The van der Waals surface area contributed by atoms with E-state index in [1.807, 2.05) is 45.9 Å². The predicted octanol–water partition coefficient (Wildman–Crippen LogP) is 4.77. The van der Waals surface area contributed by atoms with Gasteiger partial charge in [0.05, 0.1) is 4.88 Å². The first-order valence-electron chi connectivity index (χ1n) is 7.00. The highest BCUT2D eigenvalue weighted by Gasteiger charge is 2.26. The number of hydrogen-bond acceptors (Lipinski definition) is 3. The van der Waals surface area contributed by atoms with E-state index in [1.54, 1.807) is 17.5 Å². The Labute approximate surface area is 124 Å². The fourth-order valence-electron chi connectivity index (χ4n) is 2.00. The SMILES string of the molecule is CC.CC.O=C1c2ccccc2CC(=O)c2sccc21. The summed E-state index contributed by atoms with van der Waals surface area (Å²) in [4.78, 5) is 24.7. The van der Waals surface area contributed by atoms with Gasteiger partial charge >= 0.3 is 0 Å². The summed E-state index contributed by atoms with van der Waals surface area (Å²) in [5.74, 6) is 0.0148. The quantitative estimate of drug-likeness (QED) is 0.699. The Hall–Kier alpha value is -1.74. The van der Waals surface area contributed by atoms with Crippen molar-refractivity contribution >= 4 is 22.9 Å². The number of Topliss-reactive ketones (excluding diaryl/α,β-unsaturated/α-hetero) is 1. The highest BCUT2D eigenvalue weighted by molar-refractivity contribution is 7.12. The number of thiophene rings is 1. The second-order valence-electron chi connectivity index (χ2n) is 3.75. The molecule has 1 aliphatic rings. The predicted molar refractivity (Wildman–Crippen MR) is 84.9 cm³/mol. The number of carbonyl (C=O) groups is 2. The molecule has 3 rings (SSSR count). The topological polar surface area (TPSA) is 34.1 Å². The monoisotopic (exact) mass is 288 g/mol. The van der Waals surface area contributed by atoms with Crippen molar-refractivity contribution in [3.05, 3.63) is 57.3 Å². The van der Waals surface area contributed by atoms with Gasteiger partial charge in [-0.2, -0.15) is 0 Å². The number of carbonyl (C=O) groups excluding carboxylic acids is 2. The van der Waals surface area contributed by atoms with E-state index < -0.39 is 0 Å². The highest BCUT2D eigenvalue weighted by Crippen LogP contribution is 2.27. The molecule has 0 amide bonds. The van der Waals surface area contributed by atoms with Crippen LogP contribution in [0.2, 0.25) is 0 Å². The summed E-state index contributed by atoms with van der Waals surface area (Å²) in [6.07, 6.45) is 0.329. The third kappa shape index (κ3) is 3.05. The molecule has 0 saturated carbocycles. The molecule has 0 saturated heterocycles. The van der Waals surface area contributed by atoms with Gasteiger partial charge in [-0.1, -0.05) is 52.0 Å². The number of ketones is 2. The zero-order valence-electron chi connectivity index (χ0n) is 12.4. The molecule has 0 radical (unpaired) electrons. The molecule has 1 heterocycles. The zero-order valence-corrected chi connectivity index (χ0v) is 13.2. The fourth-order valence-corrected chi connectivity index (χ4v) is 2.83. The third-order valence-electron chi connectivity index (χ3n) is 2.78. The van der Waals surface area contributed by atoms with Gasteiger partial charge < -0.3 is 0 Å². The molecule has 0 atom stereocenters. The largest absolute Gasteiger partial charge is 0.293 e. The first-order valence-corrected chi connectivity index (χ1v) is 7.88. The first-order chi connectivity index (χ1) is 9.77. The minimum atomic E-state index is -0.0299. The standard InChI is InChI=1S/C13H8O2S.2C2H6/c14-11-7-8-3-1-2-4-9(8)12(15)10-5-6-16-13(10)11;2*1-2/h1-6H,7H2;2*1-2H3.